The zero-order chi connectivity index (χ0) is 15.1. The number of halogens is 2. The highest BCUT2D eigenvalue weighted by Crippen LogP contribution is 2.34. The Morgan fingerprint density at radius 2 is 1.14 bits per heavy atom. The fourth-order valence-corrected chi connectivity index (χ4v) is 3.22. The average molecular weight is 418 g/mol. The third kappa shape index (κ3) is 2.19. The molecule has 0 atom stereocenters. The fourth-order valence-electron chi connectivity index (χ4n) is 2.40. The van der Waals surface area contributed by atoms with Crippen molar-refractivity contribution in [2.24, 2.45) is 0 Å². The molecule has 0 aliphatic rings. The molecule has 22 heavy (non-hydrogen) atoms. The highest BCUT2D eigenvalue weighted by atomic mass is 79.9. The number of rotatable bonds is 2. The number of hydrogen-bond donors (Lipinski definition) is 2. The topological polar surface area (TPSA) is 57.4 Å². The highest BCUT2D eigenvalue weighted by Gasteiger charge is 2.16. The van der Waals surface area contributed by atoms with Gasteiger partial charge in [0.15, 0.2) is 0 Å². The second-order valence-electron chi connectivity index (χ2n) is 4.81. The maximum atomic E-state index is 4.84. The van der Waals surface area contributed by atoms with Crippen molar-refractivity contribution in [2.75, 3.05) is 0 Å². The molecule has 2 N–H and O–H groups in total. The Bertz CT molecular complexity index is 865. The van der Waals surface area contributed by atoms with Gasteiger partial charge >= 0.3 is 0 Å². The molecule has 0 aliphatic carbocycles. The van der Waals surface area contributed by atoms with E-state index in [4.69, 9.17) is 9.97 Å². The molecule has 3 heterocycles. The molecule has 3 aromatic heterocycles. The zero-order valence-electron chi connectivity index (χ0n) is 11.3. The molecule has 0 radical (unpaired) electrons. The lowest BCUT2D eigenvalue weighted by atomic mass is 10.1. The molecule has 4 rings (SSSR count). The summed E-state index contributed by atoms with van der Waals surface area (Å²) in [6, 6.07) is 11.8. The minimum absolute atomic E-state index is 0.818. The third-order valence-electron chi connectivity index (χ3n) is 3.43. The van der Waals surface area contributed by atoms with Gasteiger partial charge in [-0.1, -0.05) is 0 Å². The molecule has 0 amide bonds. The summed E-state index contributed by atoms with van der Waals surface area (Å²) in [6.45, 7) is 0. The average Bonchev–Trinajstić information content (AvgIpc) is 3.22. The van der Waals surface area contributed by atoms with E-state index in [1.54, 1.807) is 0 Å². The Morgan fingerprint density at radius 3 is 1.50 bits per heavy atom. The molecule has 108 valence electrons. The van der Waals surface area contributed by atoms with Crippen molar-refractivity contribution >= 4 is 42.9 Å². The van der Waals surface area contributed by atoms with Gasteiger partial charge in [0.05, 0.1) is 11.4 Å². The number of aromatic nitrogens is 4. The van der Waals surface area contributed by atoms with Gasteiger partial charge in [0.1, 0.15) is 22.4 Å². The van der Waals surface area contributed by atoms with Crippen LogP contribution in [0.5, 0.6) is 0 Å². The Hall–Kier alpha value is -1.92. The van der Waals surface area contributed by atoms with E-state index in [-0.39, 0.29) is 0 Å². The number of fused-ring (bicyclic) bond motifs is 1. The van der Waals surface area contributed by atoms with E-state index in [0.717, 1.165) is 42.8 Å². The van der Waals surface area contributed by atoms with Crippen LogP contribution in [-0.2, 0) is 0 Å². The van der Waals surface area contributed by atoms with Gasteiger partial charge in [-0.25, -0.2) is 9.97 Å². The van der Waals surface area contributed by atoms with E-state index in [2.05, 4.69) is 41.8 Å². The lowest BCUT2D eigenvalue weighted by Crippen LogP contribution is -1.97. The number of nitrogens with one attached hydrogen (secondary N) is 2. The van der Waals surface area contributed by atoms with Gasteiger partial charge in [-0.05, 0) is 68.3 Å². The largest absolute Gasteiger partial charge is 0.360 e. The summed E-state index contributed by atoms with van der Waals surface area (Å²) in [5.41, 5.74) is 5.16. The lowest BCUT2D eigenvalue weighted by molar-refractivity contribution is 1.23. The van der Waals surface area contributed by atoms with Gasteiger partial charge in [0, 0.05) is 21.3 Å². The number of aromatic amines is 2. The first kappa shape index (κ1) is 13.7. The Labute approximate surface area is 143 Å². The monoisotopic (exact) mass is 416 g/mol. The van der Waals surface area contributed by atoms with E-state index in [1.165, 1.54) is 0 Å². The number of benzene rings is 1. The van der Waals surface area contributed by atoms with E-state index >= 15 is 0 Å². The van der Waals surface area contributed by atoms with Gasteiger partial charge in [-0.15, -0.1) is 0 Å². The molecule has 0 unspecified atom stereocenters. The van der Waals surface area contributed by atoms with Gasteiger partial charge in [0.25, 0.3) is 0 Å². The maximum Gasteiger partial charge on any atom is 0.115 e. The standard InChI is InChI=1S/C16H10Br2N4/c17-9-5-6-10(18)14-13(9)21-15(11-3-1-7-19-11)16(22-14)12-4-2-8-20-12/h1-8,19-20H. The van der Waals surface area contributed by atoms with Crippen LogP contribution in [0.15, 0.2) is 57.7 Å². The van der Waals surface area contributed by atoms with Crippen molar-refractivity contribution in [3.05, 3.63) is 57.7 Å². The first-order valence-electron chi connectivity index (χ1n) is 6.67. The molecule has 1 aromatic carbocycles. The SMILES string of the molecule is Brc1ccc(Br)c2nc(-c3ccc[nH]3)c(-c3ccc[nH]3)nc12. The molecule has 0 fully saturated rings. The number of nitrogens with zero attached hydrogens (tertiary/aromatic N) is 2. The van der Waals surface area contributed by atoms with Crippen LogP contribution in [0.4, 0.5) is 0 Å². The fraction of sp³-hybridized carbons (Fsp3) is 0. The van der Waals surface area contributed by atoms with Crippen LogP contribution >= 0.6 is 31.9 Å². The van der Waals surface area contributed by atoms with E-state index < -0.39 is 0 Å². The summed E-state index contributed by atoms with van der Waals surface area (Å²) < 4.78 is 1.84. The van der Waals surface area contributed by atoms with E-state index in [0.29, 0.717) is 0 Å². The molecule has 0 aliphatic heterocycles. The first-order valence-corrected chi connectivity index (χ1v) is 8.26. The summed E-state index contributed by atoms with van der Waals surface area (Å²) in [5, 5.41) is 0. The summed E-state index contributed by atoms with van der Waals surface area (Å²) >= 11 is 7.12. The van der Waals surface area contributed by atoms with Crippen LogP contribution in [0.2, 0.25) is 0 Å². The smallest absolute Gasteiger partial charge is 0.115 e. The molecule has 4 aromatic rings. The first-order chi connectivity index (χ1) is 10.7. The van der Waals surface area contributed by atoms with Crippen LogP contribution in [0.25, 0.3) is 33.8 Å². The van der Waals surface area contributed by atoms with Crippen LogP contribution in [0, 0.1) is 0 Å². The van der Waals surface area contributed by atoms with Crippen molar-refractivity contribution < 1.29 is 0 Å². The van der Waals surface area contributed by atoms with Gasteiger partial charge < -0.3 is 9.97 Å². The van der Waals surface area contributed by atoms with Crippen molar-refractivity contribution in [1.82, 2.24) is 19.9 Å². The predicted octanol–water partition coefficient (Wildman–Crippen LogP) is 5.15. The quantitative estimate of drug-likeness (QED) is 0.474. The predicted molar refractivity (Wildman–Crippen MR) is 94.5 cm³/mol. The van der Waals surface area contributed by atoms with Crippen molar-refractivity contribution in [2.45, 2.75) is 0 Å². The summed E-state index contributed by atoms with van der Waals surface area (Å²) in [5.74, 6) is 0. The molecule has 0 spiro atoms. The molecule has 0 saturated heterocycles. The minimum atomic E-state index is 0.818. The Morgan fingerprint density at radius 1 is 0.682 bits per heavy atom. The molecular formula is C16H10Br2N4. The van der Waals surface area contributed by atoms with Crippen molar-refractivity contribution in [3.8, 4) is 22.8 Å². The van der Waals surface area contributed by atoms with E-state index in [9.17, 15) is 0 Å². The summed E-state index contributed by atoms with van der Waals surface area (Å²) in [6.07, 6.45) is 3.77. The number of hydrogen-bond acceptors (Lipinski definition) is 2. The minimum Gasteiger partial charge on any atom is -0.360 e. The second-order valence-corrected chi connectivity index (χ2v) is 6.52. The van der Waals surface area contributed by atoms with Gasteiger partial charge in [-0.2, -0.15) is 0 Å². The van der Waals surface area contributed by atoms with E-state index in [1.807, 2.05) is 48.8 Å². The molecule has 0 bridgehead atoms. The zero-order valence-corrected chi connectivity index (χ0v) is 14.4. The van der Waals surface area contributed by atoms with Crippen LogP contribution in [0.1, 0.15) is 0 Å². The van der Waals surface area contributed by atoms with Crippen LogP contribution in [0.3, 0.4) is 0 Å². The Balaban J connectivity index is 2.11. The van der Waals surface area contributed by atoms with Gasteiger partial charge in [-0.3, -0.25) is 0 Å². The normalized spacial score (nSPS) is 11.2. The Kier molecular flexibility index (Phi) is 3.35. The van der Waals surface area contributed by atoms with Gasteiger partial charge in [0.2, 0.25) is 0 Å². The molecule has 0 saturated carbocycles. The lowest BCUT2D eigenvalue weighted by Gasteiger charge is -2.10. The maximum absolute atomic E-state index is 4.84. The number of H-pyrrole nitrogens is 2. The molecule has 6 heteroatoms. The molecular weight excluding hydrogens is 408 g/mol. The van der Waals surface area contributed by atoms with Crippen LogP contribution < -0.4 is 0 Å². The van der Waals surface area contributed by atoms with Crippen molar-refractivity contribution in [3.63, 3.8) is 0 Å². The molecule has 4 nitrogen and oxygen atoms in total. The summed E-state index contributed by atoms with van der Waals surface area (Å²) in [4.78, 5) is 16.1. The second kappa shape index (κ2) is 5.37. The summed E-state index contributed by atoms with van der Waals surface area (Å²) in [7, 11) is 0. The third-order valence-corrected chi connectivity index (χ3v) is 4.71. The highest BCUT2D eigenvalue weighted by molar-refractivity contribution is 9.11. The van der Waals surface area contributed by atoms with Crippen LogP contribution in [-0.4, -0.2) is 19.9 Å². The van der Waals surface area contributed by atoms with Crippen molar-refractivity contribution in [1.29, 1.82) is 0 Å².